The predicted molar refractivity (Wildman–Crippen MR) is 84.0 cm³/mol. The van der Waals surface area contributed by atoms with Crippen LogP contribution in [-0.2, 0) is 11.2 Å². The topological polar surface area (TPSA) is 66.4 Å². The molecular formula is C16H17NO3S. The number of hydrogen-bond acceptors (Lipinski definition) is 3. The third-order valence-electron chi connectivity index (χ3n) is 3.24. The molecule has 2 aromatic rings. The molecule has 0 saturated carbocycles. The Kier molecular flexibility index (Phi) is 4.75. The van der Waals surface area contributed by atoms with Gasteiger partial charge in [0.05, 0.1) is 10.8 Å². The number of carbonyl (C=O) groups is 2. The van der Waals surface area contributed by atoms with Crippen molar-refractivity contribution in [2.24, 2.45) is 5.92 Å². The van der Waals surface area contributed by atoms with Gasteiger partial charge in [0.15, 0.2) is 0 Å². The number of carboxylic acids is 1. The van der Waals surface area contributed by atoms with Crippen LogP contribution in [0.1, 0.15) is 27.7 Å². The van der Waals surface area contributed by atoms with Crippen molar-refractivity contribution in [2.45, 2.75) is 20.3 Å². The first kappa shape index (κ1) is 15.3. The van der Waals surface area contributed by atoms with E-state index in [0.29, 0.717) is 17.0 Å². The summed E-state index contributed by atoms with van der Waals surface area (Å²) >= 11 is 1.41. The van der Waals surface area contributed by atoms with Crippen LogP contribution in [0.2, 0.25) is 0 Å². The average molecular weight is 303 g/mol. The van der Waals surface area contributed by atoms with Crippen molar-refractivity contribution in [3.63, 3.8) is 0 Å². The van der Waals surface area contributed by atoms with Crippen LogP contribution in [0.25, 0.3) is 0 Å². The minimum absolute atomic E-state index is 0.117. The fourth-order valence-electron chi connectivity index (χ4n) is 1.96. The number of hydrogen-bond donors (Lipinski definition) is 2. The first-order valence-electron chi connectivity index (χ1n) is 6.64. The number of aryl methyl sites for hydroxylation is 1. The van der Waals surface area contributed by atoms with Crippen molar-refractivity contribution in [3.8, 4) is 0 Å². The van der Waals surface area contributed by atoms with Gasteiger partial charge in [0.2, 0.25) is 0 Å². The van der Waals surface area contributed by atoms with Gasteiger partial charge >= 0.3 is 5.97 Å². The molecule has 0 saturated heterocycles. The Morgan fingerprint density at radius 2 is 1.90 bits per heavy atom. The molecule has 2 N–H and O–H groups in total. The molecule has 110 valence electrons. The SMILES string of the molecule is Cc1ccsc1C(=O)Nc1ccc(CC(C)C(=O)O)cc1. The summed E-state index contributed by atoms with van der Waals surface area (Å²) in [5.74, 6) is -1.34. The van der Waals surface area contributed by atoms with Crippen molar-refractivity contribution in [2.75, 3.05) is 5.32 Å². The van der Waals surface area contributed by atoms with E-state index >= 15 is 0 Å². The summed E-state index contributed by atoms with van der Waals surface area (Å²) in [5, 5.41) is 13.6. The monoisotopic (exact) mass is 303 g/mol. The Morgan fingerprint density at radius 1 is 1.24 bits per heavy atom. The number of thiophene rings is 1. The van der Waals surface area contributed by atoms with E-state index in [-0.39, 0.29) is 5.91 Å². The van der Waals surface area contributed by atoms with Gasteiger partial charge in [0.25, 0.3) is 5.91 Å². The highest BCUT2D eigenvalue weighted by molar-refractivity contribution is 7.12. The van der Waals surface area contributed by atoms with Crippen LogP contribution in [0.5, 0.6) is 0 Å². The van der Waals surface area contributed by atoms with Crippen LogP contribution in [0, 0.1) is 12.8 Å². The van der Waals surface area contributed by atoms with Gasteiger partial charge in [-0.05, 0) is 48.1 Å². The molecule has 0 aliphatic heterocycles. The largest absolute Gasteiger partial charge is 0.481 e. The highest BCUT2D eigenvalue weighted by Crippen LogP contribution is 2.19. The van der Waals surface area contributed by atoms with E-state index < -0.39 is 11.9 Å². The van der Waals surface area contributed by atoms with Gasteiger partial charge in [-0.15, -0.1) is 11.3 Å². The fourth-order valence-corrected chi connectivity index (χ4v) is 2.78. The van der Waals surface area contributed by atoms with Crippen molar-refractivity contribution >= 4 is 28.9 Å². The number of nitrogens with one attached hydrogen (secondary N) is 1. The summed E-state index contributed by atoms with van der Waals surface area (Å²) in [6.07, 6.45) is 0.480. The van der Waals surface area contributed by atoms with Crippen molar-refractivity contribution < 1.29 is 14.7 Å². The van der Waals surface area contributed by atoms with E-state index in [1.165, 1.54) is 11.3 Å². The Hall–Kier alpha value is -2.14. The van der Waals surface area contributed by atoms with Gasteiger partial charge in [-0.1, -0.05) is 19.1 Å². The van der Waals surface area contributed by atoms with Crippen molar-refractivity contribution in [1.29, 1.82) is 0 Å². The first-order chi connectivity index (χ1) is 9.97. The quantitative estimate of drug-likeness (QED) is 0.887. The van der Waals surface area contributed by atoms with Gasteiger partial charge < -0.3 is 10.4 Å². The molecule has 0 aliphatic carbocycles. The van der Waals surface area contributed by atoms with Crippen LogP contribution < -0.4 is 5.32 Å². The lowest BCUT2D eigenvalue weighted by molar-refractivity contribution is -0.141. The van der Waals surface area contributed by atoms with Crippen LogP contribution in [0.4, 0.5) is 5.69 Å². The second-order valence-corrected chi connectivity index (χ2v) is 5.94. The highest BCUT2D eigenvalue weighted by atomic mass is 32.1. The number of benzene rings is 1. The third-order valence-corrected chi connectivity index (χ3v) is 4.26. The standard InChI is InChI=1S/C16H17NO3S/c1-10-7-8-21-14(10)15(18)17-13-5-3-12(4-6-13)9-11(2)16(19)20/h3-8,11H,9H2,1-2H3,(H,17,18)(H,19,20). The Balaban J connectivity index is 2.01. The van der Waals surface area contributed by atoms with Crippen LogP contribution in [0.15, 0.2) is 35.7 Å². The van der Waals surface area contributed by atoms with E-state index in [0.717, 1.165) is 11.1 Å². The minimum atomic E-state index is -0.805. The summed E-state index contributed by atoms with van der Waals surface area (Å²) in [7, 11) is 0. The van der Waals surface area contributed by atoms with E-state index in [4.69, 9.17) is 5.11 Å². The smallest absolute Gasteiger partial charge is 0.306 e. The summed E-state index contributed by atoms with van der Waals surface area (Å²) in [6, 6.07) is 9.19. The van der Waals surface area contributed by atoms with Crippen LogP contribution >= 0.6 is 11.3 Å². The number of amides is 1. The molecule has 0 radical (unpaired) electrons. The number of anilines is 1. The third kappa shape index (κ3) is 3.92. The Morgan fingerprint density at radius 3 is 2.43 bits per heavy atom. The molecule has 2 rings (SSSR count). The van der Waals surface area contributed by atoms with E-state index in [9.17, 15) is 9.59 Å². The molecule has 1 heterocycles. The van der Waals surface area contributed by atoms with Gasteiger partial charge in [0, 0.05) is 5.69 Å². The second kappa shape index (κ2) is 6.54. The Bertz CT molecular complexity index is 646. The normalized spacial score (nSPS) is 11.9. The maximum Gasteiger partial charge on any atom is 0.306 e. The zero-order chi connectivity index (χ0) is 15.4. The number of aliphatic carboxylic acids is 1. The number of carboxylic acid groups (broad SMARTS) is 1. The summed E-state index contributed by atoms with van der Waals surface area (Å²) < 4.78 is 0. The molecule has 0 bridgehead atoms. The molecule has 21 heavy (non-hydrogen) atoms. The maximum atomic E-state index is 12.1. The van der Waals surface area contributed by atoms with Crippen molar-refractivity contribution in [1.82, 2.24) is 0 Å². The highest BCUT2D eigenvalue weighted by Gasteiger charge is 2.12. The maximum absolute atomic E-state index is 12.1. The van der Waals surface area contributed by atoms with E-state index in [2.05, 4.69) is 5.32 Å². The van der Waals surface area contributed by atoms with Gasteiger partial charge in [-0.3, -0.25) is 9.59 Å². The minimum Gasteiger partial charge on any atom is -0.481 e. The molecule has 0 aliphatic rings. The lowest BCUT2D eigenvalue weighted by Crippen LogP contribution is -2.13. The van der Waals surface area contributed by atoms with E-state index in [1.54, 1.807) is 19.1 Å². The van der Waals surface area contributed by atoms with Gasteiger partial charge in [0.1, 0.15) is 0 Å². The van der Waals surface area contributed by atoms with Gasteiger partial charge in [-0.25, -0.2) is 0 Å². The molecule has 1 aromatic heterocycles. The molecule has 1 unspecified atom stereocenters. The van der Waals surface area contributed by atoms with Gasteiger partial charge in [-0.2, -0.15) is 0 Å². The summed E-state index contributed by atoms with van der Waals surface area (Å²) in [4.78, 5) is 23.6. The zero-order valence-corrected chi connectivity index (χ0v) is 12.7. The summed E-state index contributed by atoms with van der Waals surface area (Å²) in [5.41, 5.74) is 2.61. The first-order valence-corrected chi connectivity index (χ1v) is 7.52. The molecule has 4 nitrogen and oxygen atoms in total. The molecule has 1 atom stereocenters. The zero-order valence-electron chi connectivity index (χ0n) is 11.9. The van der Waals surface area contributed by atoms with Crippen LogP contribution in [0.3, 0.4) is 0 Å². The molecular weight excluding hydrogens is 286 g/mol. The average Bonchev–Trinajstić information content (AvgIpc) is 2.87. The summed E-state index contributed by atoms with van der Waals surface area (Å²) in [6.45, 7) is 3.58. The molecule has 5 heteroatoms. The lowest BCUT2D eigenvalue weighted by Gasteiger charge is -2.08. The number of rotatable bonds is 5. The Labute approximate surface area is 127 Å². The predicted octanol–water partition coefficient (Wildman–Crippen LogP) is 3.57. The lowest BCUT2D eigenvalue weighted by atomic mass is 10.0. The van der Waals surface area contributed by atoms with Crippen LogP contribution in [-0.4, -0.2) is 17.0 Å². The number of carbonyl (C=O) groups excluding carboxylic acids is 1. The fraction of sp³-hybridized carbons (Fsp3) is 0.250. The van der Waals surface area contributed by atoms with Crippen molar-refractivity contribution in [3.05, 3.63) is 51.7 Å². The second-order valence-electron chi connectivity index (χ2n) is 5.03. The molecule has 0 spiro atoms. The van der Waals surface area contributed by atoms with E-state index in [1.807, 2.05) is 30.5 Å². The molecule has 0 fully saturated rings. The molecule has 1 amide bonds. The molecule has 1 aromatic carbocycles.